The summed E-state index contributed by atoms with van der Waals surface area (Å²) < 4.78 is 13.6. The van der Waals surface area contributed by atoms with Gasteiger partial charge in [0.1, 0.15) is 23.1 Å². The van der Waals surface area contributed by atoms with E-state index in [0.717, 1.165) is 11.3 Å². The van der Waals surface area contributed by atoms with Gasteiger partial charge in [0.15, 0.2) is 0 Å². The highest BCUT2D eigenvalue weighted by Gasteiger charge is 2.09. The number of hydrogen-bond donors (Lipinski definition) is 1. The number of hydrogen-bond acceptors (Lipinski definition) is 3. The number of aromatic nitrogens is 2. The van der Waals surface area contributed by atoms with Crippen LogP contribution in [0.25, 0.3) is 0 Å². The molecule has 94 valence electrons. The number of rotatable bonds is 3. The van der Waals surface area contributed by atoms with Gasteiger partial charge in [-0.15, -0.1) is 0 Å². The summed E-state index contributed by atoms with van der Waals surface area (Å²) >= 11 is 9.29. The molecule has 2 aromatic rings. The van der Waals surface area contributed by atoms with Crippen molar-refractivity contribution in [2.24, 2.45) is 0 Å². The van der Waals surface area contributed by atoms with E-state index in [-0.39, 0.29) is 5.82 Å². The van der Waals surface area contributed by atoms with Crippen LogP contribution in [-0.4, -0.2) is 9.97 Å². The fourth-order valence-electron chi connectivity index (χ4n) is 1.53. The molecule has 0 unspecified atom stereocenters. The van der Waals surface area contributed by atoms with E-state index in [0.29, 0.717) is 21.9 Å². The van der Waals surface area contributed by atoms with E-state index in [2.05, 4.69) is 31.2 Å². The molecule has 1 aromatic carbocycles. The van der Waals surface area contributed by atoms with Gasteiger partial charge in [0.2, 0.25) is 0 Å². The van der Waals surface area contributed by atoms with Gasteiger partial charge in [-0.25, -0.2) is 14.4 Å². The normalized spacial score (nSPS) is 10.4. The Labute approximate surface area is 118 Å². The zero-order valence-electron chi connectivity index (χ0n) is 9.54. The topological polar surface area (TPSA) is 37.8 Å². The summed E-state index contributed by atoms with van der Waals surface area (Å²) in [7, 11) is 0. The zero-order valence-corrected chi connectivity index (χ0v) is 11.9. The van der Waals surface area contributed by atoms with Crippen LogP contribution in [-0.2, 0) is 6.42 Å². The first-order chi connectivity index (χ1) is 8.61. The van der Waals surface area contributed by atoms with Crippen LogP contribution in [0.4, 0.5) is 15.9 Å². The first kappa shape index (κ1) is 13.2. The van der Waals surface area contributed by atoms with Gasteiger partial charge in [0.25, 0.3) is 0 Å². The Hall–Kier alpha value is -1.20. The molecule has 0 aliphatic rings. The predicted octanol–water partition coefficient (Wildman–Crippen LogP) is 4.34. The lowest BCUT2D eigenvalue weighted by atomic mass is 10.2. The fraction of sp³-hybridized carbons (Fsp3) is 0.167. The van der Waals surface area contributed by atoms with Crippen LogP contribution in [0.5, 0.6) is 0 Å². The highest BCUT2D eigenvalue weighted by atomic mass is 79.9. The van der Waals surface area contributed by atoms with Crippen molar-refractivity contribution in [3.63, 3.8) is 0 Å². The molecular weight excluding hydrogens is 321 g/mol. The second-order valence-corrected chi connectivity index (χ2v) is 4.81. The number of benzene rings is 1. The maximum atomic E-state index is 13.0. The van der Waals surface area contributed by atoms with Gasteiger partial charge < -0.3 is 5.32 Å². The van der Waals surface area contributed by atoms with Gasteiger partial charge in [-0.2, -0.15) is 0 Å². The van der Waals surface area contributed by atoms with Gasteiger partial charge in [-0.1, -0.05) is 18.5 Å². The lowest BCUT2D eigenvalue weighted by molar-refractivity contribution is 0.627. The number of nitrogens with one attached hydrogen (secondary N) is 1. The Balaban J connectivity index is 2.37. The zero-order chi connectivity index (χ0) is 13.1. The smallest absolute Gasteiger partial charge is 0.138 e. The van der Waals surface area contributed by atoms with Gasteiger partial charge >= 0.3 is 0 Å². The molecule has 0 saturated heterocycles. The number of halogens is 3. The first-order valence-electron chi connectivity index (χ1n) is 5.33. The fourth-order valence-corrected chi connectivity index (χ4v) is 2.25. The van der Waals surface area contributed by atoms with E-state index in [1.807, 2.05) is 6.92 Å². The molecule has 6 heteroatoms. The van der Waals surface area contributed by atoms with Crippen molar-refractivity contribution in [1.29, 1.82) is 0 Å². The molecular formula is C12H10BrClFN3. The van der Waals surface area contributed by atoms with Crippen LogP contribution in [0.1, 0.15) is 12.5 Å². The van der Waals surface area contributed by atoms with Crippen LogP contribution in [0.2, 0.25) is 5.15 Å². The van der Waals surface area contributed by atoms with Crippen molar-refractivity contribution >= 4 is 39.0 Å². The molecule has 0 bridgehead atoms. The van der Waals surface area contributed by atoms with Gasteiger partial charge in [0.05, 0.1) is 5.69 Å². The average Bonchev–Trinajstić information content (AvgIpc) is 2.33. The standard InChI is InChI=1S/C12H10BrClFN3/c1-2-8-11(14)16-6-17-12(8)18-10-4-3-7(15)5-9(10)13/h3-6H,2H2,1H3,(H,16,17,18). The van der Waals surface area contributed by atoms with Crippen molar-refractivity contribution in [3.8, 4) is 0 Å². The molecule has 0 spiro atoms. The van der Waals surface area contributed by atoms with Crippen molar-refractivity contribution < 1.29 is 4.39 Å². The Morgan fingerprint density at radius 2 is 2.17 bits per heavy atom. The van der Waals surface area contributed by atoms with Crippen molar-refractivity contribution in [2.45, 2.75) is 13.3 Å². The molecule has 18 heavy (non-hydrogen) atoms. The summed E-state index contributed by atoms with van der Waals surface area (Å²) in [4.78, 5) is 8.08. The molecule has 0 radical (unpaired) electrons. The number of anilines is 2. The largest absolute Gasteiger partial charge is 0.339 e. The third kappa shape index (κ3) is 2.79. The Kier molecular flexibility index (Phi) is 4.14. The average molecular weight is 331 g/mol. The minimum Gasteiger partial charge on any atom is -0.339 e. The maximum Gasteiger partial charge on any atom is 0.138 e. The van der Waals surface area contributed by atoms with E-state index in [9.17, 15) is 4.39 Å². The molecule has 2 rings (SSSR count). The van der Waals surface area contributed by atoms with E-state index in [4.69, 9.17) is 11.6 Å². The van der Waals surface area contributed by atoms with Crippen LogP contribution in [0.3, 0.4) is 0 Å². The van der Waals surface area contributed by atoms with E-state index in [1.54, 1.807) is 6.07 Å². The predicted molar refractivity (Wildman–Crippen MR) is 73.8 cm³/mol. The molecule has 0 amide bonds. The van der Waals surface area contributed by atoms with Crippen molar-refractivity contribution in [3.05, 3.63) is 45.5 Å². The Morgan fingerprint density at radius 1 is 1.39 bits per heavy atom. The van der Waals surface area contributed by atoms with Crippen LogP contribution < -0.4 is 5.32 Å². The minimum atomic E-state index is -0.302. The first-order valence-corrected chi connectivity index (χ1v) is 6.50. The maximum absolute atomic E-state index is 13.0. The van der Waals surface area contributed by atoms with Gasteiger partial charge in [-0.05, 0) is 40.5 Å². The molecule has 1 heterocycles. The van der Waals surface area contributed by atoms with E-state index >= 15 is 0 Å². The summed E-state index contributed by atoms with van der Waals surface area (Å²) in [6.07, 6.45) is 2.10. The highest BCUT2D eigenvalue weighted by Crippen LogP contribution is 2.28. The summed E-state index contributed by atoms with van der Waals surface area (Å²) in [6.45, 7) is 1.97. The highest BCUT2D eigenvalue weighted by molar-refractivity contribution is 9.10. The Morgan fingerprint density at radius 3 is 2.83 bits per heavy atom. The van der Waals surface area contributed by atoms with Crippen LogP contribution in [0, 0.1) is 5.82 Å². The molecule has 0 aliphatic heterocycles. The Bertz CT molecular complexity index is 577. The lowest BCUT2D eigenvalue weighted by Crippen LogP contribution is -2.01. The second-order valence-electron chi connectivity index (χ2n) is 3.59. The lowest BCUT2D eigenvalue weighted by Gasteiger charge is -2.11. The molecule has 0 fully saturated rings. The van der Waals surface area contributed by atoms with Gasteiger partial charge in [0, 0.05) is 10.0 Å². The SMILES string of the molecule is CCc1c(Cl)ncnc1Nc1ccc(F)cc1Br. The molecule has 3 nitrogen and oxygen atoms in total. The monoisotopic (exact) mass is 329 g/mol. The number of nitrogens with zero attached hydrogens (tertiary/aromatic N) is 2. The van der Waals surface area contributed by atoms with Crippen molar-refractivity contribution in [1.82, 2.24) is 9.97 Å². The van der Waals surface area contributed by atoms with E-state index < -0.39 is 0 Å². The molecule has 0 aliphatic carbocycles. The summed E-state index contributed by atoms with van der Waals surface area (Å²) in [5.41, 5.74) is 1.55. The van der Waals surface area contributed by atoms with Crippen molar-refractivity contribution in [2.75, 3.05) is 5.32 Å². The summed E-state index contributed by atoms with van der Waals surface area (Å²) in [6, 6.07) is 4.40. The van der Waals surface area contributed by atoms with Crippen LogP contribution >= 0.6 is 27.5 Å². The quantitative estimate of drug-likeness (QED) is 0.851. The third-order valence-corrected chi connectivity index (χ3v) is 3.41. The molecule has 1 aromatic heterocycles. The van der Waals surface area contributed by atoms with Crippen LogP contribution in [0.15, 0.2) is 29.0 Å². The van der Waals surface area contributed by atoms with Gasteiger partial charge in [-0.3, -0.25) is 0 Å². The second kappa shape index (κ2) is 5.63. The summed E-state index contributed by atoms with van der Waals surface area (Å²) in [5.74, 6) is 0.327. The molecule has 0 saturated carbocycles. The molecule has 0 atom stereocenters. The third-order valence-electron chi connectivity index (χ3n) is 2.43. The molecule has 1 N–H and O–H groups in total. The minimum absolute atomic E-state index is 0.302. The summed E-state index contributed by atoms with van der Waals surface area (Å²) in [5, 5.41) is 3.53. The van der Waals surface area contributed by atoms with E-state index in [1.165, 1.54) is 18.5 Å².